The summed E-state index contributed by atoms with van der Waals surface area (Å²) >= 11 is 0. The van der Waals surface area contributed by atoms with Gasteiger partial charge in [-0.1, -0.05) is 6.07 Å². The van der Waals surface area contributed by atoms with Gasteiger partial charge in [-0.05, 0) is 62.3 Å². The van der Waals surface area contributed by atoms with Crippen LogP contribution >= 0.6 is 0 Å². The minimum atomic E-state index is -3.41. The molecule has 0 saturated carbocycles. The Kier molecular flexibility index (Phi) is 3.39. The first kappa shape index (κ1) is 14.0. The molecule has 1 aliphatic carbocycles. The number of aryl methyl sites for hydroxylation is 2. The first-order chi connectivity index (χ1) is 9.38. The third kappa shape index (κ3) is 2.50. The van der Waals surface area contributed by atoms with Crippen LogP contribution in [0.5, 0.6) is 0 Å². The summed E-state index contributed by atoms with van der Waals surface area (Å²) in [4.78, 5) is 0.402. The Hall–Kier alpha value is -0.910. The van der Waals surface area contributed by atoms with E-state index in [4.69, 9.17) is 0 Å². The number of fused-ring (bicyclic) bond motifs is 1. The van der Waals surface area contributed by atoms with Crippen molar-refractivity contribution in [3.05, 3.63) is 29.3 Å². The van der Waals surface area contributed by atoms with Gasteiger partial charge in [-0.3, -0.25) is 0 Å². The zero-order valence-corrected chi connectivity index (χ0v) is 12.6. The van der Waals surface area contributed by atoms with Gasteiger partial charge in [-0.25, -0.2) is 8.42 Å². The highest BCUT2D eigenvalue weighted by atomic mass is 32.2. The molecule has 1 aliphatic heterocycles. The number of rotatable bonds is 2. The Morgan fingerprint density at radius 3 is 2.50 bits per heavy atom. The van der Waals surface area contributed by atoms with Crippen LogP contribution in [-0.4, -0.2) is 36.5 Å². The Morgan fingerprint density at radius 2 is 1.80 bits per heavy atom. The maximum Gasteiger partial charge on any atom is 0.243 e. The lowest BCUT2D eigenvalue weighted by atomic mass is 9.95. The number of hydrogen-bond acceptors (Lipinski definition) is 3. The summed E-state index contributed by atoms with van der Waals surface area (Å²) in [6, 6.07) is 5.52. The number of piperidine rings is 1. The van der Waals surface area contributed by atoms with Crippen molar-refractivity contribution in [2.75, 3.05) is 13.1 Å². The predicted octanol–water partition coefficient (Wildman–Crippen LogP) is 1.71. The third-order valence-corrected chi connectivity index (χ3v) is 6.40. The summed E-state index contributed by atoms with van der Waals surface area (Å²) in [6.07, 6.45) is 4.15. The quantitative estimate of drug-likeness (QED) is 0.903. The van der Waals surface area contributed by atoms with E-state index in [2.05, 4.69) is 0 Å². The van der Waals surface area contributed by atoms with Gasteiger partial charge in [0.1, 0.15) is 0 Å². The maximum absolute atomic E-state index is 12.6. The van der Waals surface area contributed by atoms with E-state index in [0.29, 0.717) is 30.8 Å². The van der Waals surface area contributed by atoms with Crippen LogP contribution in [0, 0.1) is 0 Å². The van der Waals surface area contributed by atoms with Gasteiger partial charge in [-0.2, -0.15) is 4.31 Å². The fourth-order valence-corrected chi connectivity index (χ4v) is 4.56. The van der Waals surface area contributed by atoms with Crippen molar-refractivity contribution in [2.45, 2.75) is 49.5 Å². The van der Waals surface area contributed by atoms with Crippen molar-refractivity contribution < 1.29 is 13.5 Å². The monoisotopic (exact) mass is 295 g/mol. The maximum atomic E-state index is 12.6. The van der Waals surface area contributed by atoms with Crippen LogP contribution in [0.3, 0.4) is 0 Å². The normalized spacial score (nSPS) is 22.7. The van der Waals surface area contributed by atoms with Crippen molar-refractivity contribution in [1.29, 1.82) is 0 Å². The molecule has 0 radical (unpaired) electrons. The second-order valence-electron chi connectivity index (χ2n) is 6.19. The van der Waals surface area contributed by atoms with Gasteiger partial charge in [-0.15, -0.1) is 0 Å². The van der Waals surface area contributed by atoms with Crippen LogP contribution < -0.4 is 0 Å². The molecule has 0 aromatic heterocycles. The molecule has 0 unspecified atom stereocenters. The highest BCUT2D eigenvalue weighted by Gasteiger charge is 2.34. The number of sulfonamides is 1. The molecular weight excluding hydrogens is 274 g/mol. The Morgan fingerprint density at radius 1 is 1.15 bits per heavy atom. The summed E-state index contributed by atoms with van der Waals surface area (Å²) in [5.74, 6) is 0. The fraction of sp³-hybridized carbons (Fsp3) is 0.600. The van der Waals surface area contributed by atoms with E-state index in [0.717, 1.165) is 19.3 Å². The summed E-state index contributed by atoms with van der Waals surface area (Å²) in [5, 5.41) is 9.93. The molecule has 4 nitrogen and oxygen atoms in total. The van der Waals surface area contributed by atoms with Crippen molar-refractivity contribution in [2.24, 2.45) is 0 Å². The van der Waals surface area contributed by atoms with E-state index in [1.165, 1.54) is 15.4 Å². The topological polar surface area (TPSA) is 57.6 Å². The lowest BCUT2D eigenvalue weighted by Gasteiger charge is -2.35. The first-order valence-corrected chi connectivity index (χ1v) is 8.67. The van der Waals surface area contributed by atoms with E-state index in [1.54, 1.807) is 13.0 Å². The standard InChI is InChI=1S/C15H21NO3S/c1-15(17)7-9-16(10-8-15)20(18,19)14-6-5-12-3-2-4-13(12)11-14/h5-6,11,17H,2-4,7-10H2,1H3. The zero-order valence-electron chi connectivity index (χ0n) is 11.8. The highest BCUT2D eigenvalue weighted by molar-refractivity contribution is 7.89. The van der Waals surface area contributed by atoms with Crippen LogP contribution in [0.2, 0.25) is 0 Å². The van der Waals surface area contributed by atoms with E-state index in [-0.39, 0.29) is 0 Å². The van der Waals surface area contributed by atoms with Crippen LogP contribution in [0.15, 0.2) is 23.1 Å². The summed E-state index contributed by atoms with van der Waals surface area (Å²) < 4.78 is 26.8. The molecular formula is C15H21NO3S. The zero-order chi connectivity index (χ0) is 14.4. The van der Waals surface area contributed by atoms with Gasteiger partial charge < -0.3 is 5.11 Å². The molecule has 1 saturated heterocycles. The van der Waals surface area contributed by atoms with Crippen molar-refractivity contribution in [3.63, 3.8) is 0 Å². The van der Waals surface area contributed by atoms with E-state index < -0.39 is 15.6 Å². The average molecular weight is 295 g/mol. The number of benzene rings is 1. The molecule has 0 bridgehead atoms. The van der Waals surface area contributed by atoms with Gasteiger partial charge in [0.2, 0.25) is 10.0 Å². The molecule has 2 aliphatic rings. The van der Waals surface area contributed by atoms with Crippen LogP contribution in [0.25, 0.3) is 0 Å². The molecule has 1 aromatic rings. The molecule has 0 spiro atoms. The Bertz CT molecular complexity index is 612. The largest absolute Gasteiger partial charge is 0.390 e. The van der Waals surface area contributed by atoms with Crippen molar-refractivity contribution in [1.82, 2.24) is 4.31 Å². The molecule has 110 valence electrons. The summed E-state index contributed by atoms with van der Waals surface area (Å²) in [7, 11) is -3.41. The van der Waals surface area contributed by atoms with Gasteiger partial charge in [0.05, 0.1) is 10.5 Å². The molecule has 1 aromatic carbocycles. The fourth-order valence-electron chi connectivity index (χ4n) is 3.07. The molecule has 5 heteroatoms. The Balaban J connectivity index is 1.85. The van der Waals surface area contributed by atoms with Crippen molar-refractivity contribution >= 4 is 10.0 Å². The highest BCUT2D eigenvalue weighted by Crippen LogP contribution is 2.29. The SMILES string of the molecule is CC1(O)CCN(S(=O)(=O)c2ccc3c(c2)CCC3)CC1. The van der Waals surface area contributed by atoms with Crippen LogP contribution in [0.4, 0.5) is 0 Å². The minimum absolute atomic E-state index is 0.395. The van der Waals surface area contributed by atoms with Gasteiger partial charge in [0.15, 0.2) is 0 Å². The third-order valence-electron chi connectivity index (χ3n) is 4.51. The Labute approximate surface area is 120 Å². The lowest BCUT2D eigenvalue weighted by molar-refractivity contribution is 0.0126. The number of aliphatic hydroxyl groups is 1. The molecule has 3 rings (SSSR count). The number of nitrogens with zero attached hydrogens (tertiary/aromatic N) is 1. The van der Waals surface area contributed by atoms with Crippen LogP contribution in [0.1, 0.15) is 37.3 Å². The minimum Gasteiger partial charge on any atom is -0.390 e. The smallest absolute Gasteiger partial charge is 0.243 e. The van der Waals surface area contributed by atoms with E-state index in [9.17, 15) is 13.5 Å². The molecule has 1 fully saturated rings. The van der Waals surface area contributed by atoms with Crippen molar-refractivity contribution in [3.8, 4) is 0 Å². The molecule has 20 heavy (non-hydrogen) atoms. The van der Waals surface area contributed by atoms with E-state index in [1.807, 2.05) is 12.1 Å². The van der Waals surface area contributed by atoms with Crippen LogP contribution in [-0.2, 0) is 22.9 Å². The number of hydrogen-bond donors (Lipinski definition) is 1. The van der Waals surface area contributed by atoms with E-state index >= 15 is 0 Å². The molecule has 1 N–H and O–H groups in total. The lowest BCUT2D eigenvalue weighted by Crippen LogP contribution is -2.45. The first-order valence-electron chi connectivity index (χ1n) is 7.23. The van der Waals surface area contributed by atoms with Gasteiger partial charge >= 0.3 is 0 Å². The summed E-state index contributed by atoms with van der Waals surface area (Å²) in [5.41, 5.74) is 1.73. The predicted molar refractivity (Wildman–Crippen MR) is 77.1 cm³/mol. The summed E-state index contributed by atoms with van der Waals surface area (Å²) in [6.45, 7) is 2.56. The average Bonchev–Trinajstić information content (AvgIpc) is 2.85. The molecule has 1 heterocycles. The molecule has 0 atom stereocenters. The van der Waals surface area contributed by atoms with Gasteiger partial charge in [0, 0.05) is 13.1 Å². The second-order valence-corrected chi connectivity index (χ2v) is 8.12. The molecule has 0 amide bonds. The van der Waals surface area contributed by atoms with Gasteiger partial charge in [0.25, 0.3) is 0 Å². The second kappa shape index (κ2) is 4.83.